The summed E-state index contributed by atoms with van der Waals surface area (Å²) < 4.78 is 7.77. The van der Waals surface area contributed by atoms with Crippen molar-refractivity contribution in [2.45, 2.75) is 20.0 Å². The summed E-state index contributed by atoms with van der Waals surface area (Å²) in [4.78, 5) is 11.1. The van der Waals surface area contributed by atoms with Gasteiger partial charge in [0, 0.05) is 10.0 Å². The van der Waals surface area contributed by atoms with Crippen LogP contribution in [-0.4, -0.2) is 29.1 Å². The molecule has 0 aliphatic carbocycles. The average molecular weight is 482 g/mol. The SMILES string of the molecule is CC(C)Oc1c(I)cc(Br)cc1C=NN=C1NC(=O)CS1. The van der Waals surface area contributed by atoms with Crippen LogP contribution in [0, 0.1) is 3.57 Å². The summed E-state index contributed by atoms with van der Waals surface area (Å²) >= 11 is 7.02. The van der Waals surface area contributed by atoms with E-state index in [0.717, 1.165) is 19.4 Å². The predicted octanol–water partition coefficient (Wildman–Crippen LogP) is 3.39. The second-order valence-electron chi connectivity index (χ2n) is 4.46. The summed E-state index contributed by atoms with van der Waals surface area (Å²) in [5.41, 5.74) is 0.834. The Hall–Kier alpha value is -0.610. The third kappa shape index (κ3) is 4.96. The molecule has 1 fully saturated rings. The van der Waals surface area contributed by atoms with Crippen LogP contribution in [-0.2, 0) is 4.79 Å². The fourth-order valence-corrected chi connectivity index (χ4v) is 3.87. The molecule has 112 valence electrons. The van der Waals surface area contributed by atoms with E-state index in [1.54, 1.807) is 6.21 Å². The van der Waals surface area contributed by atoms with Crippen LogP contribution in [0.4, 0.5) is 0 Å². The fraction of sp³-hybridized carbons (Fsp3) is 0.308. The maximum Gasteiger partial charge on any atom is 0.236 e. The molecule has 8 heteroatoms. The van der Waals surface area contributed by atoms with Crippen molar-refractivity contribution in [1.82, 2.24) is 5.32 Å². The zero-order valence-corrected chi connectivity index (χ0v) is 16.0. The molecule has 0 atom stereocenters. The molecule has 0 spiro atoms. The molecule has 1 N–H and O–H groups in total. The number of thioether (sulfide) groups is 1. The number of hydrogen-bond donors (Lipinski definition) is 1. The number of nitrogens with zero attached hydrogens (tertiary/aromatic N) is 2. The molecule has 1 aliphatic rings. The first kappa shape index (κ1) is 16.8. The smallest absolute Gasteiger partial charge is 0.236 e. The van der Waals surface area contributed by atoms with Crippen LogP contribution in [0.25, 0.3) is 0 Å². The van der Waals surface area contributed by atoms with E-state index in [0.29, 0.717) is 10.9 Å². The number of hydrogen-bond acceptors (Lipinski definition) is 5. The van der Waals surface area contributed by atoms with Gasteiger partial charge in [0.25, 0.3) is 0 Å². The van der Waals surface area contributed by atoms with E-state index >= 15 is 0 Å². The van der Waals surface area contributed by atoms with Gasteiger partial charge in [0.05, 0.1) is 21.6 Å². The van der Waals surface area contributed by atoms with E-state index < -0.39 is 0 Å². The molecule has 1 saturated heterocycles. The number of carbonyl (C=O) groups is 1. The van der Waals surface area contributed by atoms with Crippen molar-refractivity contribution in [2.24, 2.45) is 10.2 Å². The number of ether oxygens (including phenoxy) is 1. The maximum atomic E-state index is 11.1. The molecule has 1 heterocycles. The van der Waals surface area contributed by atoms with E-state index in [9.17, 15) is 4.79 Å². The molecule has 1 amide bonds. The highest BCUT2D eigenvalue weighted by Crippen LogP contribution is 2.29. The van der Waals surface area contributed by atoms with E-state index in [4.69, 9.17) is 4.74 Å². The molecule has 0 bridgehead atoms. The number of rotatable bonds is 4. The number of halogens is 2. The lowest BCUT2D eigenvalue weighted by atomic mass is 10.2. The first-order chi connectivity index (χ1) is 9.95. The summed E-state index contributed by atoms with van der Waals surface area (Å²) in [5, 5.41) is 11.2. The Morgan fingerprint density at radius 2 is 2.29 bits per heavy atom. The van der Waals surface area contributed by atoms with E-state index in [1.807, 2.05) is 26.0 Å². The summed E-state index contributed by atoms with van der Waals surface area (Å²) in [5.74, 6) is 1.13. The minimum Gasteiger partial charge on any atom is -0.489 e. The van der Waals surface area contributed by atoms with E-state index in [2.05, 4.69) is 54.0 Å². The van der Waals surface area contributed by atoms with Crippen LogP contribution in [0.5, 0.6) is 5.75 Å². The fourth-order valence-electron chi connectivity index (χ4n) is 1.56. The van der Waals surface area contributed by atoms with Crippen molar-refractivity contribution >= 4 is 67.6 Å². The van der Waals surface area contributed by atoms with Gasteiger partial charge in [-0.3, -0.25) is 4.79 Å². The third-order valence-electron chi connectivity index (χ3n) is 2.32. The number of amides is 1. The molecule has 0 radical (unpaired) electrons. The molecule has 2 rings (SSSR count). The minimum atomic E-state index is -0.0465. The quantitative estimate of drug-likeness (QED) is 0.407. The Morgan fingerprint density at radius 1 is 1.52 bits per heavy atom. The minimum absolute atomic E-state index is 0.0465. The standard InChI is InChI=1S/C13H13BrIN3O2S/c1-7(2)20-12-8(3-9(14)4-10(12)15)5-16-18-13-17-11(19)6-21-13/h3-5,7H,6H2,1-2H3,(H,17,18,19). The van der Waals surface area contributed by atoms with Gasteiger partial charge in [-0.2, -0.15) is 5.10 Å². The molecule has 21 heavy (non-hydrogen) atoms. The van der Waals surface area contributed by atoms with Crippen LogP contribution < -0.4 is 10.1 Å². The maximum absolute atomic E-state index is 11.1. The first-order valence-electron chi connectivity index (χ1n) is 6.15. The monoisotopic (exact) mass is 481 g/mol. The van der Waals surface area contributed by atoms with E-state index in [-0.39, 0.29) is 12.0 Å². The van der Waals surface area contributed by atoms with Crippen LogP contribution in [0.2, 0.25) is 0 Å². The summed E-state index contributed by atoms with van der Waals surface area (Å²) in [6.45, 7) is 3.95. The van der Waals surface area contributed by atoms with Gasteiger partial charge in [-0.25, -0.2) is 0 Å². The second kappa shape index (κ2) is 7.59. The van der Waals surface area contributed by atoms with Crippen molar-refractivity contribution in [2.75, 3.05) is 5.75 Å². The Kier molecular flexibility index (Phi) is 6.06. The highest BCUT2D eigenvalue weighted by Gasteiger charge is 2.16. The van der Waals surface area contributed by atoms with Gasteiger partial charge in [-0.1, -0.05) is 27.7 Å². The molecule has 0 saturated carbocycles. The molecule has 1 aliphatic heterocycles. The lowest BCUT2D eigenvalue weighted by Crippen LogP contribution is -2.19. The lowest BCUT2D eigenvalue weighted by Gasteiger charge is -2.14. The molecular weight excluding hydrogens is 469 g/mol. The number of benzene rings is 1. The van der Waals surface area contributed by atoms with Gasteiger partial charge in [0.2, 0.25) is 5.91 Å². The highest BCUT2D eigenvalue weighted by molar-refractivity contribution is 14.1. The van der Waals surface area contributed by atoms with Gasteiger partial charge in [0.1, 0.15) is 5.75 Å². The van der Waals surface area contributed by atoms with Gasteiger partial charge in [-0.05, 0) is 48.6 Å². The molecule has 1 aromatic carbocycles. The number of nitrogens with one attached hydrogen (secondary N) is 1. The summed E-state index contributed by atoms with van der Waals surface area (Å²) in [6.07, 6.45) is 1.70. The topological polar surface area (TPSA) is 63.1 Å². The lowest BCUT2D eigenvalue weighted by molar-refractivity contribution is -0.116. The van der Waals surface area contributed by atoms with Gasteiger partial charge in [-0.15, -0.1) is 5.10 Å². The van der Waals surface area contributed by atoms with Crippen LogP contribution in [0.15, 0.2) is 26.8 Å². The summed E-state index contributed by atoms with van der Waals surface area (Å²) in [6, 6.07) is 3.90. The first-order valence-corrected chi connectivity index (χ1v) is 9.01. The number of amidine groups is 1. The van der Waals surface area contributed by atoms with Gasteiger partial charge >= 0.3 is 0 Å². The van der Waals surface area contributed by atoms with E-state index in [1.165, 1.54) is 11.8 Å². The molecule has 5 nitrogen and oxygen atoms in total. The normalized spacial score (nSPS) is 17.0. The molecule has 0 aromatic heterocycles. The van der Waals surface area contributed by atoms with Crippen LogP contribution >= 0.6 is 50.3 Å². The Morgan fingerprint density at radius 3 is 2.90 bits per heavy atom. The van der Waals surface area contributed by atoms with Crippen molar-refractivity contribution in [3.63, 3.8) is 0 Å². The Balaban J connectivity index is 2.23. The predicted molar refractivity (Wildman–Crippen MR) is 98.3 cm³/mol. The molecule has 0 unspecified atom stereocenters. The van der Waals surface area contributed by atoms with Crippen molar-refractivity contribution in [3.05, 3.63) is 25.7 Å². The van der Waals surface area contributed by atoms with Gasteiger partial charge < -0.3 is 10.1 Å². The van der Waals surface area contributed by atoms with Crippen molar-refractivity contribution in [3.8, 4) is 5.75 Å². The zero-order valence-electron chi connectivity index (χ0n) is 11.4. The Labute approximate surface area is 149 Å². The zero-order chi connectivity index (χ0) is 15.4. The number of carbonyl (C=O) groups excluding carboxylic acids is 1. The van der Waals surface area contributed by atoms with Crippen LogP contribution in [0.1, 0.15) is 19.4 Å². The highest BCUT2D eigenvalue weighted by atomic mass is 127. The van der Waals surface area contributed by atoms with Gasteiger partial charge in [0.15, 0.2) is 5.17 Å². The molecular formula is C13H13BrIN3O2S. The largest absolute Gasteiger partial charge is 0.489 e. The summed E-state index contributed by atoms with van der Waals surface area (Å²) in [7, 11) is 0. The second-order valence-corrected chi connectivity index (χ2v) is 7.50. The average Bonchev–Trinajstić information content (AvgIpc) is 2.79. The third-order valence-corrected chi connectivity index (χ3v) is 4.45. The Bertz CT molecular complexity index is 620. The van der Waals surface area contributed by atoms with Crippen molar-refractivity contribution < 1.29 is 9.53 Å². The van der Waals surface area contributed by atoms with Crippen molar-refractivity contribution in [1.29, 1.82) is 0 Å². The molecule has 1 aromatic rings. The van der Waals surface area contributed by atoms with Crippen LogP contribution in [0.3, 0.4) is 0 Å².